The number of nitrogens with one attached hydrogen (secondary N) is 1. The molecule has 0 atom stereocenters. The smallest absolute Gasteiger partial charge is 0.260 e. The maximum Gasteiger partial charge on any atom is 0.260 e. The Morgan fingerprint density at radius 2 is 1.87 bits per heavy atom. The second-order valence-corrected chi connectivity index (χ2v) is 5.66. The largest absolute Gasteiger partial charge is 0.484 e. The van der Waals surface area contributed by atoms with Crippen LogP contribution in [0.3, 0.4) is 0 Å². The van der Waals surface area contributed by atoms with Crippen LogP contribution in [0.4, 0.5) is 0 Å². The van der Waals surface area contributed by atoms with Crippen molar-refractivity contribution < 1.29 is 9.53 Å². The molecule has 0 saturated heterocycles. The van der Waals surface area contributed by atoms with Crippen LogP contribution >= 0.6 is 0 Å². The number of carbonyl (C=O) groups excluding carboxylic acids is 1. The molecule has 2 aromatic carbocycles. The van der Waals surface area contributed by atoms with E-state index in [0.29, 0.717) is 6.54 Å². The van der Waals surface area contributed by atoms with Gasteiger partial charge in [-0.3, -0.25) is 4.79 Å². The number of benzene rings is 2. The van der Waals surface area contributed by atoms with Gasteiger partial charge in [0.2, 0.25) is 0 Å². The number of carbonyl (C=O) groups is 1. The van der Waals surface area contributed by atoms with Crippen LogP contribution in [0, 0.1) is 6.92 Å². The molecule has 23 heavy (non-hydrogen) atoms. The Kier molecular flexibility index (Phi) is 4.33. The number of aromatic amines is 1. The van der Waals surface area contributed by atoms with Crippen LogP contribution in [0.1, 0.15) is 11.1 Å². The van der Waals surface area contributed by atoms with Gasteiger partial charge >= 0.3 is 0 Å². The number of hydrogen-bond acceptors (Lipinski definition) is 2. The summed E-state index contributed by atoms with van der Waals surface area (Å²) in [5.74, 6) is 0.708. The molecular formula is C19H20N2O2. The van der Waals surface area contributed by atoms with Gasteiger partial charge in [0.1, 0.15) is 5.75 Å². The van der Waals surface area contributed by atoms with Crippen LogP contribution in [-0.2, 0) is 11.3 Å². The molecule has 0 aliphatic heterocycles. The summed E-state index contributed by atoms with van der Waals surface area (Å²) < 4.78 is 5.63. The molecule has 0 aliphatic carbocycles. The zero-order valence-corrected chi connectivity index (χ0v) is 13.4. The zero-order chi connectivity index (χ0) is 16.2. The number of likely N-dealkylation sites (N-methyl/N-ethyl adjacent to an activating group) is 1. The lowest BCUT2D eigenvalue weighted by molar-refractivity contribution is -0.132. The highest BCUT2D eigenvalue weighted by molar-refractivity contribution is 5.84. The number of H-pyrrole nitrogens is 1. The van der Waals surface area contributed by atoms with Gasteiger partial charge in [-0.2, -0.15) is 0 Å². The first-order chi connectivity index (χ1) is 11.1. The predicted molar refractivity (Wildman–Crippen MR) is 91.4 cm³/mol. The first-order valence-electron chi connectivity index (χ1n) is 7.62. The van der Waals surface area contributed by atoms with Crippen LogP contribution in [0.2, 0.25) is 0 Å². The molecule has 3 rings (SSSR count). The fraction of sp³-hybridized carbons (Fsp3) is 0.211. The first-order valence-corrected chi connectivity index (χ1v) is 7.62. The van der Waals surface area contributed by atoms with Crippen molar-refractivity contribution in [3.8, 4) is 5.75 Å². The Hall–Kier alpha value is -2.75. The molecular weight excluding hydrogens is 288 g/mol. The third kappa shape index (κ3) is 3.37. The summed E-state index contributed by atoms with van der Waals surface area (Å²) in [5.41, 5.74) is 3.21. The number of amides is 1. The van der Waals surface area contributed by atoms with Crippen LogP contribution in [-0.4, -0.2) is 29.4 Å². The van der Waals surface area contributed by atoms with E-state index < -0.39 is 0 Å². The van der Waals surface area contributed by atoms with Gasteiger partial charge < -0.3 is 14.6 Å². The first kappa shape index (κ1) is 15.2. The maximum atomic E-state index is 12.3. The number of hydrogen-bond donors (Lipinski definition) is 1. The van der Waals surface area contributed by atoms with Crippen LogP contribution in [0.5, 0.6) is 5.75 Å². The second kappa shape index (κ2) is 6.57. The highest BCUT2D eigenvalue weighted by atomic mass is 16.5. The predicted octanol–water partition coefficient (Wildman–Crippen LogP) is 3.51. The number of ether oxygens (including phenoxy) is 1. The third-order valence-corrected chi connectivity index (χ3v) is 3.95. The summed E-state index contributed by atoms with van der Waals surface area (Å²) >= 11 is 0. The minimum absolute atomic E-state index is 0.0430. The molecule has 4 nitrogen and oxygen atoms in total. The normalized spacial score (nSPS) is 10.7. The molecule has 0 unspecified atom stereocenters. The van der Waals surface area contributed by atoms with Crippen molar-refractivity contribution in [2.45, 2.75) is 13.5 Å². The molecule has 0 spiro atoms. The number of aromatic nitrogens is 1. The third-order valence-electron chi connectivity index (χ3n) is 3.95. The Balaban J connectivity index is 1.63. The molecule has 4 heteroatoms. The van der Waals surface area contributed by atoms with E-state index in [0.717, 1.165) is 27.8 Å². The van der Waals surface area contributed by atoms with Crippen molar-refractivity contribution in [1.29, 1.82) is 0 Å². The van der Waals surface area contributed by atoms with E-state index in [1.807, 2.05) is 55.6 Å². The van der Waals surface area contributed by atoms with Crippen molar-refractivity contribution in [2.24, 2.45) is 0 Å². The van der Waals surface area contributed by atoms with Crippen molar-refractivity contribution in [3.63, 3.8) is 0 Å². The van der Waals surface area contributed by atoms with E-state index in [2.05, 4.69) is 11.1 Å². The molecule has 0 fully saturated rings. The maximum absolute atomic E-state index is 12.3. The molecule has 0 bridgehead atoms. The van der Waals surface area contributed by atoms with Crippen molar-refractivity contribution >= 4 is 16.8 Å². The molecule has 118 valence electrons. The average molecular weight is 308 g/mol. The summed E-state index contributed by atoms with van der Waals surface area (Å²) in [6.07, 6.45) is 1.96. The number of aryl methyl sites for hydroxylation is 1. The highest BCUT2D eigenvalue weighted by Crippen LogP contribution is 2.19. The Morgan fingerprint density at radius 1 is 1.13 bits per heavy atom. The van der Waals surface area contributed by atoms with Gasteiger partial charge in [-0.05, 0) is 30.2 Å². The number of fused-ring (bicyclic) bond motifs is 1. The van der Waals surface area contributed by atoms with Gasteiger partial charge in [-0.25, -0.2) is 0 Å². The fourth-order valence-corrected chi connectivity index (χ4v) is 2.57. The van der Waals surface area contributed by atoms with Crippen LogP contribution in [0.25, 0.3) is 10.9 Å². The van der Waals surface area contributed by atoms with Gasteiger partial charge in [0.15, 0.2) is 6.61 Å². The minimum Gasteiger partial charge on any atom is -0.484 e. The van der Waals surface area contributed by atoms with E-state index >= 15 is 0 Å². The van der Waals surface area contributed by atoms with E-state index in [9.17, 15) is 4.79 Å². The molecule has 1 heterocycles. The van der Waals surface area contributed by atoms with Gasteiger partial charge in [0.25, 0.3) is 5.91 Å². The van der Waals surface area contributed by atoms with Crippen LogP contribution < -0.4 is 4.74 Å². The van der Waals surface area contributed by atoms with E-state index in [1.54, 1.807) is 11.9 Å². The van der Waals surface area contributed by atoms with Crippen LogP contribution in [0.15, 0.2) is 54.7 Å². The minimum atomic E-state index is -0.0430. The summed E-state index contributed by atoms with van der Waals surface area (Å²) in [4.78, 5) is 17.2. The standard InChI is InChI=1S/C19H20N2O2/c1-14-7-3-6-10-18(14)23-13-19(22)21(2)12-15-11-20-17-9-5-4-8-16(15)17/h3-11,20H,12-13H2,1-2H3. The summed E-state index contributed by atoms with van der Waals surface area (Å²) in [5, 5.41) is 1.15. The number of para-hydroxylation sites is 2. The molecule has 1 aromatic heterocycles. The van der Waals surface area contributed by atoms with Gasteiger partial charge in [-0.15, -0.1) is 0 Å². The Bertz CT molecular complexity index is 823. The van der Waals surface area contributed by atoms with Crippen molar-refractivity contribution in [2.75, 3.05) is 13.7 Å². The van der Waals surface area contributed by atoms with Crippen molar-refractivity contribution in [1.82, 2.24) is 9.88 Å². The van der Waals surface area contributed by atoms with Crippen molar-refractivity contribution in [3.05, 3.63) is 65.9 Å². The fourth-order valence-electron chi connectivity index (χ4n) is 2.57. The monoisotopic (exact) mass is 308 g/mol. The van der Waals surface area contributed by atoms with Gasteiger partial charge in [-0.1, -0.05) is 36.4 Å². The topological polar surface area (TPSA) is 45.3 Å². The van der Waals surface area contributed by atoms with E-state index in [1.165, 1.54) is 0 Å². The molecule has 3 aromatic rings. The average Bonchev–Trinajstić information content (AvgIpc) is 2.97. The van der Waals surface area contributed by atoms with E-state index in [-0.39, 0.29) is 12.5 Å². The quantitative estimate of drug-likeness (QED) is 0.784. The molecule has 0 aliphatic rings. The number of nitrogens with zero attached hydrogens (tertiary/aromatic N) is 1. The van der Waals surface area contributed by atoms with E-state index in [4.69, 9.17) is 4.74 Å². The summed E-state index contributed by atoms with van der Waals surface area (Å²) in [6, 6.07) is 15.8. The molecule has 1 N–H and O–H groups in total. The van der Waals surface area contributed by atoms with Gasteiger partial charge in [0, 0.05) is 30.7 Å². The molecule has 0 saturated carbocycles. The Morgan fingerprint density at radius 3 is 2.70 bits per heavy atom. The lowest BCUT2D eigenvalue weighted by atomic mass is 10.1. The highest BCUT2D eigenvalue weighted by Gasteiger charge is 2.13. The molecule has 1 amide bonds. The lowest BCUT2D eigenvalue weighted by Crippen LogP contribution is -2.31. The zero-order valence-electron chi connectivity index (χ0n) is 13.4. The lowest BCUT2D eigenvalue weighted by Gasteiger charge is -2.17. The number of rotatable bonds is 5. The summed E-state index contributed by atoms with van der Waals surface area (Å²) in [7, 11) is 1.80. The Labute approximate surface area is 135 Å². The summed E-state index contributed by atoms with van der Waals surface area (Å²) in [6.45, 7) is 2.57. The second-order valence-electron chi connectivity index (χ2n) is 5.66. The van der Waals surface area contributed by atoms with Gasteiger partial charge in [0.05, 0.1) is 0 Å². The SMILES string of the molecule is Cc1ccccc1OCC(=O)N(C)Cc1c[nH]c2ccccc12. The molecule has 0 radical (unpaired) electrons.